The van der Waals surface area contributed by atoms with Crippen LogP contribution in [0.15, 0.2) is 29.3 Å². The highest BCUT2D eigenvalue weighted by Gasteiger charge is 2.22. The van der Waals surface area contributed by atoms with Crippen LogP contribution in [0.25, 0.3) is 0 Å². The van der Waals surface area contributed by atoms with Gasteiger partial charge in [-0.15, -0.1) is 0 Å². The molecule has 2 saturated heterocycles. The zero-order chi connectivity index (χ0) is 22.1. The summed E-state index contributed by atoms with van der Waals surface area (Å²) in [5.74, 6) is 0.573. The van der Waals surface area contributed by atoms with Gasteiger partial charge >= 0.3 is 0 Å². The van der Waals surface area contributed by atoms with Gasteiger partial charge < -0.3 is 20.9 Å². The van der Waals surface area contributed by atoms with E-state index in [-0.39, 0.29) is 18.4 Å². The average Bonchev–Trinajstić information content (AvgIpc) is 2.81. The summed E-state index contributed by atoms with van der Waals surface area (Å²) in [4.78, 5) is 32.6. The van der Waals surface area contributed by atoms with Gasteiger partial charge in [0.25, 0.3) is 5.91 Å². The van der Waals surface area contributed by atoms with Gasteiger partial charge in [0.1, 0.15) is 0 Å². The third-order valence-corrected chi connectivity index (χ3v) is 6.12. The number of hydrogen-bond acceptors (Lipinski definition) is 4. The van der Waals surface area contributed by atoms with Crippen LogP contribution in [0.4, 0.5) is 0 Å². The van der Waals surface area contributed by atoms with Gasteiger partial charge in [-0.2, -0.15) is 0 Å². The maximum Gasteiger partial charge on any atom is 0.254 e. The van der Waals surface area contributed by atoms with Crippen molar-refractivity contribution in [2.45, 2.75) is 45.2 Å². The Kier molecular flexibility index (Phi) is 8.70. The molecule has 0 aliphatic carbocycles. The van der Waals surface area contributed by atoms with Crippen LogP contribution in [0.2, 0.25) is 0 Å². The van der Waals surface area contributed by atoms with Crippen LogP contribution >= 0.6 is 0 Å². The predicted octanol–water partition coefficient (Wildman–Crippen LogP) is 1.19. The van der Waals surface area contributed by atoms with Gasteiger partial charge in [0.05, 0.1) is 6.54 Å². The van der Waals surface area contributed by atoms with Gasteiger partial charge in [-0.25, -0.2) is 0 Å². The van der Waals surface area contributed by atoms with Gasteiger partial charge in [-0.3, -0.25) is 19.5 Å². The lowest BCUT2D eigenvalue weighted by Crippen LogP contribution is -2.49. The summed E-state index contributed by atoms with van der Waals surface area (Å²) in [6.07, 6.45) is 5.18. The molecule has 2 aliphatic heterocycles. The summed E-state index contributed by atoms with van der Waals surface area (Å²) in [6.45, 7) is 7.18. The molecule has 1 aromatic rings. The van der Waals surface area contributed by atoms with Crippen molar-refractivity contribution in [1.82, 2.24) is 25.8 Å². The average molecular weight is 429 g/mol. The van der Waals surface area contributed by atoms with Crippen LogP contribution in [-0.2, 0) is 11.3 Å². The molecule has 2 aliphatic rings. The largest absolute Gasteiger partial charge is 0.355 e. The minimum absolute atomic E-state index is 0.102. The van der Waals surface area contributed by atoms with Crippen molar-refractivity contribution in [1.29, 1.82) is 0 Å². The van der Waals surface area contributed by atoms with E-state index < -0.39 is 0 Å². The van der Waals surface area contributed by atoms with E-state index in [0.717, 1.165) is 24.6 Å². The molecule has 0 saturated carbocycles. The highest BCUT2D eigenvalue weighted by molar-refractivity contribution is 5.97. The van der Waals surface area contributed by atoms with Crippen LogP contribution < -0.4 is 16.0 Å². The Balaban J connectivity index is 1.43. The maximum atomic E-state index is 12.6. The molecule has 2 heterocycles. The van der Waals surface area contributed by atoms with Crippen LogP contribution in [0.3, 0.4) is 0 Å². The number of piperazine rings is 1. The highest BCUT2D eigenvalue weighted by atomic mass is 16.2. The molecule has 3 rings (SSSR count). The molecule has 0 spiro atoms. The molecule has 2 amide bonds. The lowest BCUT2D eigenvalue weighted by Gasteiger charge is -2.35. The van der Waals surface area contributed by atoms with Crippen molar-refractivity contribution in [3.05, 3.63) is 35.4 Å². The van der Waals surface area contributed by atoms with E-state index in [0.29, 0.717) is 31.2 Å². The van der Waals surface area contributed by atoms with Crippen molar-refractivity contribution in [2.24, 2.45) is 4.99 Å². The highest BCUT2D eigenvalue weighted by Crippen LogP contribution is 2.18. The minimum atomic E-state index is -0.107. The summed E-state index contributed by atoms with van der Waals surface area (Å²) >= 11 is 0. The first-order valence-corrected chi connectivity index (χ1v) is 11.4. The van der Waals surface area contributed by atoms with Crippen molar-refractivity contribution in [3.63, 3.8) is 0 Å². The first-order chi connectivity index (χ1) is 15.1. The normalized spacial score (nSPS) is 20.3. The standard InChI is InChI=1S/C23H36N6O2/c1-3-20-6-4-5-13-28(20)14-12-26-23(24-2)27-16-18-7-9-19(10-8-18)22(31)29-15-11-25-21(30)17-29/h7-10,20H,3-6,11-17H2,1-2H3,(H,25,30)(H2,24,26,27). The van der Waals surface area contributed by atoms with E-state index in [2.05, 4.69) is 32.8 Å². The van der Waals surface area contributed by atoms with E-state index >= 15 is 0 Å². The molecule has 3 N–H and O–H groups in total. The van der Waals surface area contributed by atoms with E-state index in [1.54, 1.807) is 11.9 Å². The van der Waals surface area contributed by atoms with Crippen LogP contribution in [0.5, 0.6) is 0 Å². The molecule has 31 heavy (non-hydrogen) atoms. The number of nitrogens with one attached hydrogen (secondary N) is 3. The Labute approximate surface area is 185 Å². The molecular weight excluding hydrogens is 392 g/mol. The molecule has 2 fully saturated rings. The topological polar surface area (TPSA) is 89.1 Å². The number of piperidine rings is 1. The zero-order valence-electron chi connectivity index (χ0n) is 18.8. The lowest BCUT2D eigenvalue weighted by molar-refractivity contribution is -0.123. The number of benzene rings is 1. The summed E-state index contributed by atoms with van der Waals surface area (Å²) in [5, 5.41) is 9.48. The van der Waals surface area contributed by atoms with Crippen molar-refractivity contribution in [2.75, 3.05) is 46.3 Å². The van der Waals surface area contributed by atoms with Crippen molar-refractivity contribution < 1.29 is 9.59 Å². The van der Waals surface area contributed by atoms with E-state index in [4.69, 9.17) is 0 Å². The number of nitrogens with zero attached hydrogens (tertiary/aromatic N) is 3. The number of aliphatic imine (C=N–C) groups is 1. The fourth-order valence-electron chi connectivity index (χ4n) is 4.30. The Morgan fingerprint density at radius 2 is 2.00 bits per heavy atom. The molecule has 1 aromatic carbocycles. The summed E-state index contributed by atoms with van der Waals surface area (Å²) in [6, 6.07) is 8.24. The fourth-order valence-corrected chi connectivity index (χ4v) is 4.30. The summed E-state index contributed by atoms with van der Waals surface area (Å²) < 4.78 is 0. The van der Waals surface area contributed by atoms with Gasteiger partial charge in [0, 0.05) is 51.4 Å². The number of hydrogen-bond donors (Lipinski definition) is 3. The second-order valence-electron chi connectivity index (χ2n) is 8.22. The van der Waals surface area contributed by atoms with Gasteiger partial charge in [-0.05, 0) is 43.5 Å². The van der Waals surface area contributed by atoms with Crippen molar-refractivity contribution in [3.8, 4) is 0 Å². The van der Waals surface area contributed by atoms with E-state index in [1.807, 2.05) is 24.3 Å². The van der Waals surface area contributed by atoms with Gasteiger partial charge in [0.2, 0.25) is 5.91 Å². The number of likely N-dealkylation sites (tertiary alicyclic amines) is 1. The molecule has 8 nitrogen and oxygen atoms in total. The van der Waals surface area contributed by atoms with E-state index in [9.17, 15) is 9.59 Å². The summed E-state index contributed by atoms with van der Waals surface area (Å²) in [7, 11) is 1.78. The smallest absolute Gasteiger partial charge is 0.254 e. The monoisotopic (exact) mass is 428 g/mol. The molecule has 1 unspecified atom stereocenters. The molecule has 0 bridgehead atoms. The lowest BCUT2D eigenvalue weighted by atomic mass is 10.0. The Bertz CT molecular complexity index is 764. The van der Waals surface area contributed by atoms with Crippen molar-refractivity contribution >= 4 is 17.8 Å². The van der Waals surface area contributed by atoms with Crippen LogP contribution in [0.1, 0.15) is 48.5 Å². The third kappa shape index (κ3) is 6.69. The predicted molar refractivity (Wildman–Crippen MR) is 123 cm³/mol. The number of carbonyl (C=O) groups is 2. The maximum absolute atomic E-state index is 12.6. The minimum Gasteiger partial charge on any atom is -0.355 e. The third-order valence-electron chi connectivity index (χ3n) is 6.12. The molecule has 0 radical (unpaired) electrons. The molecular formula is C23H36N6O2. The number of rotatable bonds is 7. The molecule has 1 atom stereocenters. The number of guanidine groups is 1. The molecule has 8 heteroatoms. The molecule has 170 valence electrons. The zero-order valence-corrected chi connectivity index (χ0v) is 18.8. The quantitative estimate of drug-likeness (QED) is 0.448. The number of amides is 2. The number of carbonyl (C=O) groups excluding carboxylic acids is 2. The Hall–Kier alpha value is -2.61. The Morgan fingerprint density at radius 3 is 2.71 bits per heavy atom. The van der Waals surface area contributed by atoms with Crippen LogP contribution in [-0.4, -0.2) is 79.9 Å². The van der Waals surface area contributed by atoms with E-state index in [1.165, 1.54) is 32.2 Å². The second kappa shape index (κ2) is 11.7. The van der Waals surface area contributed by atoms with Crippen LogP contribution in [0, 0.1) is 0 Å². The first kappa shape index (κ1) is 23.1. The molecule has 0 aromatic heterocycles. The van der Waals surface area contributed by atoms with Gasteiger partial charge in [0.15, 0.2) is 5.96 Å². The van der Waals surface area contributed by atoms with Gasteiger partial charge in [-0.1, -0.05) is 25.5 Å². The SMILES string of the molecule is CCC1CCCCN1CCNC(=NC)NCc1ccc(C(=O)N2CCNC(=O)C2)cc1. The first-order valence-electron chi connectivity index (χ1n) is 11.4. The fraction of sp³-hybridized carbons (Fsp3) is 0.609. The Morgan fingerprint density at radius 1 is 1.19 bits per heavy atom. The summed E-state index contributed by atoms with van der Waals surface area (Å²) in [5.41, 5.74) is 1.67. The second-order valence-corrected chi connectivity index (χ2v) is 8.22.